The lowest BCUT2D eigenvalue weighted by Gasteiger charge is -2.41. The van der Waals surface area contributed by atoms with E-state index in [4.69, 9.17) is 15.6 Å². The molecule has 5 rings (SSSR count). The molecule has 3 heterocycles. The summed E-state index contributed by atoms with van der Waals surface area (Å²) < 4.78 is 7.75. The van der Waals surface area contributed by atoms with E-state index in [0.717, 1.165) is 17.7 Å². The molecule has 8 heteroatoms. The fourth-order valence-corrected chi connectivity index (χ4v) is 4.68. The van der Waals surface area contributed by atoms with Gasteiger partial charge in [-0.05, 0) is 48.9 Å². The molecule has 3 N–H and O–H groups in total. The second kappa shape index (κ2) is 8.46. The quantitative estimate of drug-likeness (QED) is 0.588. The van der Waals surface area contributed by atoms with Gasteiger partial charge in [-0.2, -0.15) is 5.10 Å². The fourth-order valence-electron chi connectivity index (χ4n) is 4.68. The Morgan fingerprint density at radius 1 is 1.12 bits per heavy atom. The van der Waals surface area contributed by atoms with Crippen LogP contribution in [0.2, 0.25) is 0 Å². The summed E-state index contributed by atoms with van der Waals surface area (Å²) in [6, 6.07) is 17.1. The monoisotopic (exact) mass is 443 g/mol. The molecule has 168 valence electrons. The van der Waals surface area contributed by atoms with Crippen molar-refractivity contribution in [2.75, 3.05) is 25.0 Å². The molecule has 1 fully saturated rings. The van der Waals surface area contributed by atoms with Crippen LogP contribution in [-0.2, 0) is 4.79 Å². The third kappa shape index (κ3) is 3.84. The predicted octanol–water partition coefficient (Wildman–Crippen LogP) is 3.44. The van der Waals surface area contributed by atoms with Gasteiger partial charge in [-0.1, -0.05) is 24.8 Å². The number of aromatic nitrogens is 2. The minimum atomic E-state index is -0.527. The first-order valence-electron chi connectivity index (χ1n) is 11.0. The van der Waals surface area contributed by atoms with Gasteiger partial charge < -0.3 is 20.7 Å². The second-order valence-electron chi connectivity index (χ2n) is 8.31. The highest BCUT2D eigenvalue weighted by Crippen LogP contribution is 2.40. The number of carbonyl (C=O) groups excluding carboxylic acids is 2. The number of ether oxygens (including phenoxy) is 1. The summed E-state index contributed by atoms with van der Waals surface area (Å²) in [5.41, 5.74) is 7.49. The Morgan fingerprint density at radius 3 is 2.55 bits per heavy atom. The number of benzene rings is 2. The first-order chi connectivity index (χ1) is 16.0. The molecule has 33 heavy (non-hydrogen) atoms. The van der Waals surface area contributed by atoms with Crippen LogP contribution < -0.4 is 15.8 Å². The Labute approximate surface area is 191 Å². The summed E-state index contributed by atoms with van der Waals surface area (Å²) >= 11 is 0. The Morgan fingerprint density at radius 2 is 1.85 bits per heavy atom. The zero-order chi connectivity index (χ0) is 22.9. The molecule has 3 aromatic rings. The minimum Gasteiger partial charge on any atom is -0.457 e. The minimum absolute atomic E-state index is 0.0592. The van der Waals surface area contributed by atoms with Crippen LogP contribution >= 0.6 is 0 Å². The van der Waals surface area contributed by atoms with Gasteiger partial charge in [0, 0.05) is 31.1 Å². The number of likely N-dealkylation sites (tertiary alicyclic amines) is 1. The second-order valence-corrected chi connectivity index (χ2v) is 8.31. The molecule has 0 aliphatic carbocycles. The lowest BCUT2D eigenvalue weighted by molar-refractivity contribution is -0.128. The average molecular weight is 444 g/mol. The van der Waals surface area contributed by atoms with E-state index in [1.807, 2.05) is 64.2 Å². The molecule has 2 aromatic carbocycles. The Hall–Kier alpha value is -4.07. The van der Waals surface area contributed by atoms with E-state index >= 15 is 0 Å². The number of fused-ring (bicyclic) bond motifs is 3. The fraction of sp³-hybridized carbons (Fsp3) is 0.240. The zero-order valence-corrected chi connectivity index (χ0v) is 18.1. The van der Waals surface area contributed by atoms with Crippen molar-refractivity contribution < 1.29 is 14.3 Å². The number of hydrogen-bond donors (Lipinski definition) is 2. The average Bonchev–Trinajstić information content (AvgIpc) is 3.24. The number of rotatable bonds is 5. The van der Waals surface area contributed by atoms with Crippen molar-refractivity contribution in [3.63, 3.8) is 0 Å². The van der Waals surface area contributed by atoms with Crippen molar-refractivity contribution in [3.05, 3.63) is 72.8 Å². The van der Waals surface area contributed by atoms with E-state index in [1.54, 1.807) is 0 Å². The maximum absolute atomic E-state index is 12.4. The zero-order valence-electron chi connectivity index (χ0n) is 18.1. The SMILES string of the molecule is C=CC(=O)N1CCC2[C@@H](CNc3c(C(N)=O)c(-c4ccc(Oc5ccccc5)cc4)nn32)C1. The van der Waals surface area contributed by atoms with Crippen molar-refractivity contribution in [2.45, 2.75) is 12.5 Å². The van der Waals surface area contributed by atoms with Crippen molar-refractivity contribution in [3.8, 4) is 22.8 Å². The smallest absolute Gasteiger partial charge is 0.254 e. The molecular formula is C25H25N5O3. The van der Waals surface area contributed by atoms with Crippen LogP contribution in [0.3, 0.4) is 0 Å². The van der Waals surface area contributed by atoms with Gasteiger partial charge in [0.1, 0.15) is 28.6 Å². The summed E-state index contributed by atoms with van der Waals surface area (Å²) in [6.07, 6.45) is 2.10. The molecule has 1 unspecified atom stereocenters. The number of carbonyl (C=O) groups is 2. The number of piperidine rings is 1. The maximum atomic E-state index is 12.4. The number of anilines is 1. The number of amides is 2. The van der Waals surface area contributed by atoms with Crippen molar-refractivity contribution in [2.24, 2.45) is 11.7 Å². The Kier molecular flexibility index (Phi) is 5.34. The molecule has 1 aromatic heterocycles. The molecule has 2 amide bonds. The predicted molar refractivity (Wildman–Crippen MR) is 125 cm³/mol. The molecule has 2 aliphatic heterocycles. The highest BCUT2D eigenvalue weighted by atomic mass is 16.5. The molecule has 2 aliphatic rings. The highest BCUT2D eigenvalue weighted by molar-refractivity contribution is 6.04. The summed E-state index contributed by atoms with van der Waals surface area (Å²) in [7, 11) is 0. The summed E-state index contributed by atoms with van der Waals surface area (Å²) in [4.78, 5) is 26.3. The third-order valence-electron chi connectivity index (χ3n) is 6.29. The van der Waals surface area contributed by atoms with Crippen molar-refractivity contribution in [1.82, 2.24) is 14.7 Å². The summed E-state index contributed by atoms with van der Waals surface area (Å²) in [5, 5.41) is 8.15. The van der Waals surface area contributed by atoms with Gasteiger partial charge in [0.25, 0.3) is 5.91 Å². The van der Waals surface area contributed by atoms with Gasteiger partial charge in [-0.15, -0.1) is 0 Å². The molecule has 1 saturated heterocycles. The van der Waals surface area contributed by atoms with Crippen molar-refractivity contribution in [1.29, 1.82) is 0 Å². The van der Waals surface area contributed by atoms with Gasteiger partial charge in [0.2, 0.25) is 5.91 Å². The first kappa shape index (κ1) is 20.8. The van der Waals surface area contributed by atoms with E-state index in [2.05, 4.69) is 11.9 Å². The standard InChI is InChI=1S/C25H25N5O3/c1-2-21(31)29-13-12-20-17(15-29)14-27-25-22(24(26)32)23(28-30(20)25)16-8-10-19(11-9-16)33-18-6-4-3-5-7-18/h2-11,17,20,27H,1,12-15H2,(H2,26,32)/t17-,20?/m0/s1. The molecule has 0 saturated carbocycles. The number of para-hydroxylation sites is 1. The highest BCUT2D eigenvalue weighted by Gasteiger charge is 2.39. The topological polar surface area (TPSA) is 102 Å². The maximum Gasteiger partial charge on any atom is 0.254 e. The molecule has 2 atom stereocenters. The molecule has 0 spiro atoms. The van der Waals surface area contributed by atoms with E-state index < -0.39 is 5.91 Å². The Balaban J connectivity index is 1.44. The summed E-state index contributed by atoms with van der Waals surface area (Å²) in [6.45, 7) is 5.47. The van der Waals surface area contributed by atoms with E-state index in [1.165, 1.54) is 6.08 Å². The number of nitrogens with zero attached hydrogens (tertiary/aromatic N) is 3. The number of nitrogens with two attached hydrogens (primary N) is 1. The lowest BCUT2D eigenvalue weighted by atomic mass is 9.90. The largest absolute Gasteiger partial charge is 0.457 e. The summed E-state index contributed by atoms with van der Waals surface area (Å²) in [5.74, 6) is 1.68. The van der Waals surface area contributed by atoms with E-state index in [9.17, 15) is 9.59 Å². The van der Waals surface area contributed by atoms with Crippen LogP contribution in [0.1, 0.15) is 22.8 Å². The van der Waals surface area contributed by atoms with Crippen LogP contribution in [-0.4, -0.2) is 46.1 Å². The molecule has 8 nitrogen and oxygen atoms in total. The van der Waals surface area contributed by atoms with Crippen LogP contribution in [0.25, 0.3) is 11.3 Å². The lowest BCUT2D eigenvalue weighted by Crippen LogP contribution is -2.48. The van der Waals surface area contributed by atoms with E-state index in [-0.39, 0.29) is 17.9 Å². The Bertz CT molecular complexity index is 1200. The third-order valence-corrected chi connectivity index (χ3v) is 6.29. The van der Waals surface area contributed by atoms with Gasteiger partial charge in [-0.25, -0.2) is 4.68 Å². The van der Waals surface area contributed by atoms with Crippen molar-refractivity contribution >= 4 is 17.6 Å². The van der Waals surface area contributed by atoms with E-state index in [0.29, 0.717) is 42.5 Å². The van der Waals surface area contributed by atoms with Gasteiger partial charge in [0.05, 0.1) is 6.04 Å². The van der Waals surface area contributed by atoms with Crippen LogP contribution in [0.4, 0.5) is 5.82 Å². The van der Waals surface area contributed by atoms with Crippen LogP contribution in [0.5, 0.6) is 11.5 Å². The van der Waals surface area contributed by atoms with Crippen LogP contribution in [0.15, 0.2) is 67.3 Å². The first-order valence-corrected chi connectivity index (χ1v) is 11.0. The van der Waals surface area contributed by atoms with Gasteiger partial charge >= 0.3 is 0 Å². The molecule has 0 radical (unpaired) electrons. The normalized spacial score (nSPS) is 19.1. The molecule has 0 bridgehead atoms. The number of nitrogens with one attached hydrogen (secondary N) is 1. The molecular weight excluding hydrogens is 418 g/mol. The number of primary amides is 1. The van der Waals surface area contributed by atoms with Gasteiger partial charge in [-0.3, -0.25) is 9.59 Å². The van der Waals surface area contributed by atoms with Crippen LogP contribution in [0, 0.1) is 5.92 Å². The van der Waals surface area contributed by atoms with Gasteiger partial charge in [0.15, 0.2) is 0 Å². The number of hydrogen-bond acceptors (Lipinski definition) is 5.